The Hall–Kier alpha value is -4.17. The Morgan fingerprint density at radius 3 is 2.48 bits per heavy atom. The van der Waals surface area contributed by atoms with Crippen molar-refractivity contribution < 1.29 is 24.2 Å². The van der Waals surface area contributed by atoms with Gasteiger partial charge in [0.25, 0.3) is 5.91 Å². The summed E-state index contributed by atoms with van der Waals surface area (Å²) < 4.78 is 5.76. The van der Waals surface area contributed by atoms with Crippen LogP contribution in [-0.4, -0.2) is 22.1 Å². The van der Waals surface area contributed by atoms with Crippen LogP contribution in [0.1, 0.15) is 20.7 Å². The van der Waals surface area contributed by atoms with Crippen LogP contribution >= 0.6 is 0 Å². The van der Waals surface area contributed by atoms with E-state index in [9.17, 15) is 24.6 Å². The van der Waals surface area contributed by atoms with E-state index in [1.807, 2.05) is 5.43 Å². The molecule has 1 heterocycles. The molecule has 0 unspecified atom stereocenters. The van der Waals surface area contributed by atoms with Gasteiger partial charge in [-0.05, 0) is 48.0 Å². The zero-order chi connectivity index (χ0) is 20.7. The molecule has 0 radical (unpaired) electrons. The number of hydrazine groups is 1. The summed E-state index contributed by atoms with van der Waals surface area (Å²) in [5.74, 6) is 3.59. The Balaban J connectivity index is 2.19. The van der Waals surface area contributed by atoms with Crippen LogP contribution in [0.5, 0.6) is 5.75 Å². The van der Waals surface area contributed by atoms with Gasteiger partial charge < -0.3 is 14.6 Å². The van der Waals surface area contributed by atoms with Crippen molar-refractivity contribution in [2.24, 2.45) is 5.84 Å². The third kappa shape index (κ3) is 3.07. The van der Waals surface area contributed by atoms with Crippen molar-refractivity contribution in [3.8, 4) is 28.2 Å². The molecule has 1 amide bonds. The summed E-state index contributed by atoms with van der Waals surface area (Å²) in [6.07, 6.45) is 0. The third-order valence-corrected chi connectivity index (χ3v) is 4.59. The maximum absolute atomic E-state index is 12.0. The van der Waals surface area contributed by atoms with Crippen LogP contribution in [0.3, 0.4) is 0 Å². The fraction of sp³-hybridized carbons (Fsp3) is 0. The maximum Gasteiger partial charge on any atom is 0.336 e. The van der Waals surface area contributed by atoms with Crippen LogP contribution in [-0.2, 0) is 0 Å². The molecule has 0 aromatic heterocycles. The molecule has 4 rings (SSSR count). The highest BCUT2D eigenvalue weighted by atomic mass is 16.4. The molecule has 0 spiro atoms. The van der Waals surface area contributed by atoms with E-state index in [1.54, 1.807) is 6.07 Å². The molecule has 29 heavy (non-hydrogen) atoms. The fourth-order valence-corrected chi connectivity index (χ4v) is 3.31. The number of carbonyl (C=O) groups excluding carboxylic acids is 1. The van der Waals surface area contributed by atoms with Gasteiger partial charge in [0.05, 0.1) is 5.56 Å². The molecular weight excluding hydrogens is 376 g/mol. The third-order valence-electron chi connectivity index (χ3n) is 4.59. The Morgan fingerprint density at radius 2 is 1.76 bits per heavy atom. The number of phenols is 1. The highest BCUT2D eigenvalue weighted by Crippen LogP contribution is 2.42. The lowest BCUT2D eigenvalue weighted by Crippen LogP contribution is -2.30. The average molecular weight is 390 g/mol. The second-order valence-electron chi connectivity index (χ2n) is 6.35. The van der Waals surface area contributed by atoms with E-state index >= 15 is 0 Å². The molecule has 0 bridgehead atoms. The van der Waals surface area contributed by atoms with Gasteiger partial charge in [-0.15, -0.1) is 0 Å². The number of carboxylic acids is 1. The van der Waals surface area contributed by atoms with Gasteiger partial charge in [0.1, 0.15) is 17.1 Å². The molecular formula is C21H14N2O6. The Kier molecular flexibility index (Phi) is 4.25. The number of nitrogens with one attached hydrogen (secondary N) is 1. The highest BCUT2D eigenvalue weighted by Gasteiger charge is 2.23. The van der Waals surface area contributed by atoms with E-state index < -0.39 is 11.9 Å². The number of aromatic carboxylic acids is 1. The summed E-state index contributed by atoms with van der Waals surface area (Å²) in [5.41, 5.74) is 3.27. The van der Waals surface area contributed by atoms with Crippen LogP contribution < -0.4 is 16.7 Å². The van der Waals surface area contributed by atoms with E-state index in [1.165, 1.54) is 48.5 Å². The Labute approximate surface area is 163 Å². The summed E-state index contributed by atoms with van der Waals surface area (Å²) in [5, 5.41) is 20.0. The molecule has 0 saturated carbocycles. The predicted octanol–water partition coefficient (Wildman–Crippen LogP) is 2.57. The Morgan fingerprint density at radius 1 is 0.966 bits per heavy atom. The molecule has 0 fully saturated rings. The van der Waals surface area contributed by atoms with E-state index in [2.05, 4.69) is 0 Å². The average Bonchev–Trinajstić information content (AvgIpc) is 2.70. The molecule has 2 aromatic rings. The molecule has 8 heteroatoms. The number of amides is 1. The minimum Gasteiger partial charge on any atom is -0.508 e. The Bertz CT molecular complexity index is 1320. The number of nitrogen functional groups attached to an aromatic ring is 1. The number of fused-ring (bicyclic) bond motifs is 2. The van der Waals surface area contributed by atoms with E-state index in [4.69, 9.17) is 10.3 Å². The normalized spacial score (nSPS) is 10.9. The van der Waals surface area contributed by atoms with E-state index in [-0.39, 0.29) is 39.2 Å². The van der Waals surface area contributed by atoms with Crippen molar-refractivity contribution in [1.29, 1.82) is 0 Å². The number of rotatable bonds is 3. The predicted molar refractivity (Wildman–Crippen MR) is 105 cm³/mol. The van der Waals surface area contributed by atoms with Gasteiger partial charge in [-0.3, -0.25) is 15.0 Å². The highest BCUT2D eigenvalue weighted by molar-refractivity contribution is 6.09. The summed E-state index contributed by atoms with van der Waals surface area (Å²) in [6.45, 7) is 0. The molecule has 0 atom stereocenters. The molecule has 144 valence electrons. The van der Waals surface area contributed by atoms with Crippen molar-refractivity contribution in [1.82, 2.24) is 5.43 Å². The first-order valence-electron chi connectivity index (χ1n) is 8.47. The van der Waals surface area contributed by atoms with Crippen LogP contribution in [0.4, 0.5) is 0 Å². The largest absolute Gasteiger partial charge is 0.508 e. The van der Waals surface area contributed by atoms with Crippen molar-refractivity contribution >= 4 is 22.8 Å². The molecule has 5 N–H and O–H groups in total. The number of phenolic OH excluding ortho intramolecular Hbond substituents is 1. The van der Waals surface area contributed by atoms with Crippen LogP contribution in [0.2, 0.25) is 0 Å². The zero-order valence-corrected chi connectivity index (χ0v) is 14.8. The molecule has 2 aromatic carbocycles. The van der Waals surface area contributed by atoms with E-state index in [0.717, 1.165) is 0 Å². The smallest absolute Gasteiger partial charge is 0.336 e. The fourth-order valence-electron chi connectivity index (χ4n) is 3.31. The van der Waals surface area contributed by atoms with Gasteiger partial charge >= 0.3 is 5.97 Å². The quantitative estimate of drug-likeness (QED) is 0.182. The van der Waals surface area contributed by atoms with Gasteiger partial charge in [-0.25, -0.2) is 10.6 Å². The first-order valence-corrected chi connectivity index (χ1v) is 8.47. The minimum atomic E-state index is -1.19. The number of hydrogen-bond acceptors (Lipinski definition) is 6. The number of nitrogens with two attached hydrogens (primary N) is 1. The summed E-state index contributed by atoms with van der Waals surface area (Å²) >= 11 is 0. The van der Waals surface area contributed by atoms with Gasteiger partial charge in [-0.2, -0.15) is 0 Å². The first kappa shape index (κ1) is 18.2. The van der Waals surface area contributed by atoms with Crippen molar-refractivity contribution in [2.45, 2.75) is 0 Å². The lowest BCUT2D eigenvalue weighted by atomic mass is 9.89. The lowest BCUT2D eigenvalue weighted by molar-refractivity contribution is 0.0697. The summed E-state index contributed by atoms with van der Waals surface area (Å²) in [4.78, 5) is 35.7. The second kappa shape index (κ2) is 6.77. The number of carboxylic acid groups (broad SMARTS) is 1. The standard InChI is InChI=1S/C21H14N2O6/c22-23-20(26)10-1-4-13(21(27)28)16(7-10)19-14-5-2-11(24)8-17(14)29-18-9-12(25)3-6-15(18)19/h1-9,24H,22H2,(H,23,26)(H,27,28). The lowest BCUT2D eigenvalue weighted by Gasteiger charge is -2.17. The monoisotopic (exact) mass is 390 g/mol. The van der Waals surface area contributed by atoms with Gasteiger partial charge in [0.15, 0.2) is 5.43 Å². The maximum atomic E-state index is 12.0. The van der Waals surface area contributed by atoms with Crippen LogP contribution in [0.25, 0.3) is 33.4 Å². The molecule has 2 aliphatic rings. The summed E-state index contributed by atoms with van der Waals surface area (Å²) in [6, 6.07) is 12.6. The molecule has 8 nitrogen and oxygen atoms in total. The van der Waals surface area contributed by atoms with E-state index in [0.29, 0.717) is 16.5 Å². The topological polar surface area (TPSA) is 143 Å². The number of carbonyl (C=O) groups is 2. The number of benzene rings is 3. The molecule has 1 aliphatic carbocycles. The first-order chi connectivity index (χ1) is 13.9. The second-order valence-corrected chi connectivity index (χ2v) is 6.35. The number of hydrogen-bond donors (Lipinski definition) is 4. The minimum absolute atomic E-state index is 0.0494. The van der Waals surface area contributed by atoms with Crippen molar-refractivity contribution in [3.63, 3.8) is 0 Å². The van der Waals surface area contributed by atoms with Crippen molar-refractivity contribution in [3.05, 3.63) is 75.9 Å². The summed E-state index contributed by atoms with van der Waals surface area (Å²) in [7, 11) is 0. The van der Waals surface area contributed by atoms with Gasteiger partial charge in [-0.1, -0.05) is 0 Å². The zero-order valence-electron chi connectivity index (χ0n) is 14.8. The van der Waals surface area contributed by atoms with Gasteiger partial charge in [0, 0.05) is 34.2 Å². The van der Waals surface area contributed by atoms with Crippen LogP contribution in [0, 0.1) is 0 Å². The SMILES string of the molecule is NNC(=O)c1ccc(C(=O)O)c(-c2c3ccc(=O)cc-3oc3cc(O)ccc23)c1. The van der Waals surface area contributed by atoms with Gasteiger partial charge in [0.2, 0.25) is 0 Å². The van der Waals surface area contributed by atoms with Crippen LogP contribution in [0.15, 0.2) is 63.8 Å². The number of aromatic hydroxyl groups is 1. The van der Waals surface area contributed by atoms with Crippen molar-refractivity contribution in [2.75, 3.05) is 0 Å². The molecule has 0 saturated heterocycles. The molecule has 1 aliphatic heterocycles.